The number of ether oxygens (including phenoxy) is 1. The first-order chi connectivity index (χ1) is 8.74. The summed E-state index contributed by atoms with van der Waals surface area (Å²) in [6.07, 6.45) is 0.933. The first kappa shape index (κ1) is 13.7. The molecule has 1 aliphatic rings. The second-order valence-corrected chi connectivity index (χ2v) is 4.80. The summed E-state index contributed by atoms with van der Waals surface area (Å²) >= 11 is 6.11. The van der Waals surface area contributed by atoms with Crippen LogP contribution in [0.2, 0.25) is 5.02 Å². The van der Waals surface area contributed by atoms with Crippen LogP contribution in [0.3, 0.4) is 0 Å². The Kier molecular flexibility index (Phi) is 4.95. The Labute approximate surface area is 112 Å². The summed E-state index contributed by atoms with van der Waals surface area (Å²) in [5.74, 6) is -0.289. The molecule has 2 N–H and O–H groups in total. The highest BCUT2D eigenvalue weighted by atomic mass is 35.5. The van der Waals surface area contributed by atoms with Gasteiger partial charge in [-0.1, -0.05) is 17.7 Å². The van der Waals surface area contributed by atoms with Crippen LogP contribution in [-0.2, 0) is 4.74 Å². The predicted octanol–water partition coefficient (Wildman–Crippen LogP) is 2.20. The molecular formula is C13H18ClFN2O. The van der Waals surface area contributed by atoms with E-state index in [0.717, 1.165) is 26.1 Å². The molecule has 5 heteroatoms. The smallest absolute Gasteiger partial charge is 0.129 e. The van der Waals surface area contributed by atoms with Crippen LogP contribution in [0.1, 0.15) is 18.0 Å². The fourth-order valence-electron chi connectivity index (χ4n) is 2.36. The van der Waals surface area contributed by atoms with Crippen LogP contribution in [-0.4, -0.2) is 37.7 Å². The van der Waals surface area contributed by atoms with Crippen LogP contribution in [0.15, 0.2) is 18.2 Å². The number of hydrogen-bond acceptors (Lipinski definition) is 3. The monoisotopic (exact) mass is 272 g/mol. The van der Waals surface area contributed by atoms with Gasteiger partial charge in [0.1, 0.15) is 5.82 Å². The summed E-state index contributed by atoms with van der Waals surface area (Å²) in [5, 5.41) is 0.440. The van der Waals surface area contributed by atoms with Gasteiger partial charge in [-0.15, -0.1) is 0 Å². The molecule has 0 bridgehead atoms. The Hall–Kier alpha value is -0.680. The summed E-state index contributed by atoms with van der Waals surface area (Å²) in [4.78, 5) is 2.15. The van der Waals surface area contributed by atoms with Crippen molar-refractivity contribution in [1.82, 2.24) is 4.90 Å². The Morgan fingerprint density at radius 2 is 2.22 bits per heavy atom. The standard InChI is InChI=1S/C13H18ClFN2O/c14-10-3-1-4-11(15)13(10)12(9-16)17-5-2-7-18-8-6-17/h1,3-4,12H,2,5-9,16H2. The molecule has 2 rings (SSSR count). The number of benzene rings is 1. The van der Waals surface area contributed by atoms with Crippen molar-refractivity contribution in [2.45, 2.75) is 12.5 Å². The minimum Gasteiger partial charge on any atom is -0.380 e. The third-order valence-electron chi connectivity index (χ3n) is 3.25. The summed E-state index contributed by atoms with van der Waals surface area (Å²) in [7, 11) is 0. The van der Waals surface area contributed by atoms with Crippen molar-refractivity contribution in [3.63, 3.8) is 0 Å². The SMILES string of the molecule is NCC(c1c(F)cccc1Cl)N1CCCOCC1. The van der Waals surface area contributed by atoms with Gasteiger partial charge < -0.3 is 10.5 Å². The molecule has 1 heterocycles. The molecule has 0 aromatic heterocycles. The van der Waals surface area contributed by atoms with Crippen molar-refractivity contribution in [1.29, 1.82) is 0 Å². The van der Waals surface area contributed by atoms with E-state index in [9.17, 15) is 4.39 Å². The summed E-state index contributed by atoms with van der Waals surface area (Å²) in [6.45, 7) is 3.36. The Morgan fingerprint density at radius 3 is 2.94 bits per heavy atom. The van der Waals surface area contributed by atoms with Crippen LogP contribution in [0.25, 0.3) is 0 Å². The highest BCUT2D eigenvalue weighted by Crippen LogP contribution is 2.29. The van der Waals surface area contributed by atoms with E-state index >= 15 is 0 Å². The average Bonchev–Trinajstić information content (AvgIpc) is 2.63. The highest BCUT2D eigenvalue weighted by molar-refractivity contribution is 6.31. The summed E-state index contributed by atoms with van der Waals surface area (Å²) in [6, 6.07) is 4.57. The minimum absolute atomic E-state index is 0.180. The van der Waals surface area contributed by atoms with E-state index in [1.54, 1.807) is 12.1 Å². The quantitative estimate of drug-likeness (QED) is 0.917. The number of nitrogens with two attached hydrogens (primary N) is 1. The molecule has 1 saturated heterocycles. The molecule has 1 unspecified atom stereocenters. The molecule has 0 saturated carbocycles. The lowest BCUT2D eigenvalue weighted by atomic mass is 10.0. The molecule has 0 amide bonds. The van der Waals surface area contributed by atoms with Crippen molar-refractivity contribution in [3.8, 4) is 0 Å². The van der Waals surface area contributed by atoms with E-state index in [0.29, 0.717) is 23.7 Å². The molecule has 0 aliphatic carbocycles. The Balaban J connectivity index is 2.26. The van der Waals surface area contributed by atoms with Crippen molar-refractivity contribution < 1.29 is 9.13 Å². The van der Waals surface area contributed by atoms with Gasteiger partial charge in [-0.2, -0.15) is 0 Å². The first-order valence-electron chi connectivity index (χ1n) is 6.20. The van der Waals surface area contributed by atoms with E-state index in [1.807, 2.05) is 0 Å². The maximum absolute atomic E-state index is 13.9. The van der Waals surface area contributed by atoms with E-state index in [1.165, 1.54) is 6.07 Å². The Bertz CT molecular complexity index is 374. The number of rotatable bonds is 3. The number of hydrogen-bond donors (Lipinski definition) is 1. The molecule has 18 heavy (non-hydrogen) atoms. The first-order valence-corrected chi connectivity index (χ1v) is 6.57. The van der Waals surface area contributed by atoms with Crippen molar-refractivity contribution in [2.75, 3.05) is 32.8 Å². The second-order valence-electron chi connectivity index (χ2n) is 4.39. The summed E-state index contributed by atoms with van der Waals surface area (Å²) < 4.78 is 19.4. The van der Waals surface area contributed by atoms with Gasteiger partial charge in [0, 0.05) is 36.8 Å². The lowest BCUT2D eigenvalue weighted by Gasteiger charge is -2.30. The van der Waals surface area contributed by atoms with Gasteiger partial charge in [0.2, 0.25) is 0 Å². The van der Waals surface area contributed by atoms with Crippen LogP contribution in [0.5, 0.6) is 0 Å². The largest absolute Gasteiger partial charge is 0.380 e. The number of nitrogens with zero attached hydrogens (tertiary/aromatic N) is 1. The minimum atomic E-state index is -0.289. The van der Waals surface area contributed by atoms with Gasteiger partial charge in [0.25, 0.3) is 0 Å². The fourth-order valence-corrected chi connectivity index (χ4v) is 2.64. The maximum atomic E-state index is 13.9. The molecule has 1 aromatic rings. The zero-order chi connectivity index (χ0) is 13.0. The molecule has 3 nitrogen and oxygen atoms in total. The summed E-state index contributed by atoms with van der Waals surface area (Å²) in [5.41, 5.74) is 6.32. The molecule has 1 atom stereocenters. The van der Waals surface area contributed by atoms with Crippen molar-refractivity contribution in [3.05, 3.63) is 34.6 Å². The molecule has 1 aliphatic heterocycles. The van der Waals surface area contributed by atoms with Crippen molar-refractivity contribution in [2.24, 2.45) is 5.73 Å². The predicted molar refractivity (Wildman–Crippen MR) is 70.2 cm³/mol. The van der Waals surface area contributed by atoms with E-state index < -0.39 is 0 Å². The lowest BCUT2D eigenvalue weighted by Crippen LogP contribution is -2.36. The molecule has 100 valence electrons. The zero-order valence-electron chi connectivity index (χ0n) is 10.2. The van der Waals surface area contributed by atoms with Gasteiger partial charge in [0.05, 0.1) is 12.6 Å². The highest BCUT2D eigenvalue weighted by Gasteiger charge is 2.24. The van der Waals surface area contributed by atoms with Crippen LogP contribution >= 0.6 is 11.6 Å². The van der Waals surface area contributed by atoms with E-state index in [-0.39, 0.29) is 11.9 Å². The molecule has 1 fully saturated rings. The molecular weight excluding hydrogens is 255 g/mol. The van der Waals surface area contributed by atoms with Crippen LogP contribution in [0.4, 0.5) is 4.39 Å². The van der Waals surface area contributed by atoms with E-state index in [2.05, 4.69) is 4.90 Å². The fraction of sp³-hybridized carbons (Fsp3) is 0.538. The zero-order valence-corrected chi connectivity index (χ0v) is 11.0. The van der Waals surface area contributed by atoms with E-state index in [4.69, 9.17) is 22.1 Å². The van der Waals surface area contributed by atoms with Gasteiger partial charge in [-0.05, 0) is 18.6 Å². The van der Waals surface area contributed by atoms with Crippen LogP contribution in [0, 0.1) is 5.82 Å². The van der Waals surface area contributed by atoms with Crippen LogP contribution < -0.4 is 5.73 Å². The second kappa shape index (κ2) is 6.48. The average molecular weight is 273 g/mol. The van der Waals surface area contributed by atoms with Crippen molar-refractivity contribution >= 4 is 11.6 Å². The van der Waals surface area contributed by atoms with Gasteiger partial charge >= 0.3 is 0 Å². The normalized spacial score (nSPS) is 19.5. The number of halogens is 2. The van der Waals surface area contributed by atoms with Gasteiger partial charge in [0.15, 0.2) is 0 Å². The van der Waals surface area contributed by atoms with Gasteiger partial charge in [-0.25, -0.2) is 4.39 Å². The Morgan fingerprint density at radius 1 is 1.39 bits per heavy atom. The maximum Gasteiger partial charge on any atom is 0.129 e. The third-order valence-corrected chi connectivity index (χ3v) is 3.58. The van der Waals surface area contributed by atoms with Gasteiger partial charge in [-0.3, -0.25) is 4.90 Å². The topological polar surface area (TPSA) is 38.5 Å². The molecule has 0 radical (unpaired) electrons. The third kappa shape index (κ3) is 3.01. The molecule has 1 aromatic carbocycles. The lowest BCUT2D eigenvalue weighted by molar-refractivity contribution is 0.132. The molecule has 0 spiro atoms.